The van der Waals surface area contributed by atoms with Crippen molar-refractivity contribution in [3.63, 3.8) is 0 Å². The second-order valence-corrected chi connectivity index (χ2v) is 4.07. The smallest absolute Gasteiger partial charge is 0.213 e. The van der Waals surface area contributed by atoms with Crippen molar-refractivity contribution in [3.05, 3.63) is 59.5 Å². The van der Waals surface area contributed by atoms with Gasteiger partial charge in [-0.15, -0.1) is 0 Å². The lowest BCUT2D eigenvalue weighted by Gasteiger charge is -1.91. The first-order valence-electron chi connectivity index (χ1n) is 4.96. The third-order valence-corrected chi connectivity index (χ3v) is 2.98. The van der Waals surface area contributed by atoms with Crippen LogP contribution in [-0.4, -0.2) is 8.77 Å². The fourth-order valence-electron chi connectivity index (χ4n) is 1.49. The maximum absolute atomic E-state index is 4.55. The Hall–Kier alpha value is -1.94. The van der Waals surface area contributed by atoms with Crippen molar-refractivity contribution in [1.29, 1.82) is 0 Å². The van der Waals surface area contributed by atoms with E-state index in [-0.39, 0.29) is 0 Å². The van der Waals surface area contributed by atoms with Gasteiger partial charge >= 0.3 is 0 Å². The zero-order chi connectivity index (χ0) is 10.8. The van der Waals surface area contributed by atoms with Gasteiger partial charge in [0.25, 0.3) is 0 Å². The molecule has 0 aliphatic rings. The van der Waals surface area contributed by atoms with Gasteiger partial charge in [-0.3, -0.25) is 4.40 Å². The molecular formula is C12H9N3S. The van der Waals surface area contributed by atoms with Crippen LogP contribution in [0.2, 0.25) is 0 Å². The molecule has 1 aromatic carbocycles. The lowest BCUT2D eigenvalue weighted by molar-refractivity contribution is 1.09. The van der Waals surface area contributed by atoms with Crippen molar-refractivity contribution < 1.29 is 0 Å². The summed E-state index contributed by atoms with van der Waals surface area (Å²) < 4.78 is 6.31. The van der Waals surface area contributed by atoms with Crippen molar-refractivity contribution >= 4 is 22.9 Å². The van der Waals surface area contributed by atoms with Crippen LogP contribution in [0, 0.1) is 0 Å². The van der Waals surface area contributed by atoms with Gasteiger partial charge in [-0.05, 0) is 24.3 Å². The van der Waals surface area contributed by atoms with Gasteiger partial charge in [-0.2, -0.15) is 4.37 Å². The minimum Gasteiger partial charge on any atom is -0.275 e. The van der Waals surface area contributed by atoms with Crippen molar-refractivity contribution in [2.24, 2.45) is 4.99 Å². The highest BCUT2D eigenvalue weighted by Gasteiger charge is 1.96. The zero-order valence-electron chi connectivity index (χ0n) is 8.45. The van der Waals surface area contributed by atoms with Gasteiger partial charge in [-0.25, -0.2) is 4.99 Å². The zero-order valence-corrected chi connectivity index (χ0v) is 9.26. The number of rotatable bonds is 1. The monoisotopic (exact) mass is 227 g/mol. The minimum atomic E-state index is 0.891. The van der Waals surface area contributed by atoms with Crippen LogP contribution in [0.3, 0.4) is 0 Å². The number of benzene rings is 1. The molecule has 3 aromatic rings. The van der Waals surface area contributed by atoms with Crippen LogP contribution < -0.4 is 4.80 Å². The van der Waals surface area contributed by atoms with E-state index in [9.17, 15) is 0 Å². The lowest BCUT2D eigenvalue weighted by atomic mass is 10.3. The third kappa shape index (κ3) is 1.63. The van der Waals surface area contributed by atoms with E-state index in [4.69, 9.17) is 0 Å². The summed E-state index contributed by atoms with van der Waals surface area (Å²) in [5.74, 6) is 0. The molecule has 0 unspecified atom stereocenters. The summed E-state index contributed by atoms with van der Waals surface area (Å²) in [6, 6.07) is 15.8. The van der Waals surface area contributed by atoms with E-state index in [1.807, 2.05) is 59.1 Å². The van der Waals surface area contributed by atoms with Gasteiger partial charge in [0, 0.05) is 17.7 Å². The number of para-hydroxylation sites is 1. The van der Waals surface area contributed by atoms with E-state index in [0.29, 0.717) is 0 Å². The quantitative estimate of drug-likeness (QED) is 0.628. The van der Waals surface area contributed by atoms with Gasteiger partial charge < -0.3 is 0 Å². The summed E-state index contributed by atoms with van der Waals surface area (Å²) in [5, 5.41) is 0. The first kappa shape index (κ1) is 9.30. The molecular weight excluding hydrogens is 218 g/mol. The van der Waals surface area contributed by atoms with Crippen molar-refractivity contribution in [3.8, 4) is 0 Å². The molecule has 0 saturated heterocycles. The SMILES string of the molecule is c1ccc(/N=c2\snc3ccccn23)cc1. The average molecular weight is 227 g/mol. The Kier molecular flexibility index (Phi) is 2.27. The molecule has 16 heavy (non-hydrogen) atoms. The lowest BCUT2D eigenvalue weighted by Crippen LogP contribution is -2.04. The number of hydrogen-bond acceptors (Lipinski definition) is 3. The number of nitrogens with zero attached hydrogens (tertiary/aromatic N) is 3. The van der Waals surface area contributed by atoms with Gasteiger partial charge in [0.2, 0.25) is 4.80 Å². The molecule has 0 bridgehead atoms. The molecule has 0 atom stereocenters. The Morgan fingerprint density at radius 2 is 1.81 bits per heavy atom. The first-order valence-corrected chi connectivity index (χ1v) is 5.74. The van der Waals surface area contributed by atoms with E-state index in [1.165, 1.54) is 11.5 Å². The number of aromatic nitrogens is 2. The van der Waals surface area contributed by atoms with Crippen molar-refractivity contribution in [2.45, 2.75) is 0 Å². The molecule has 78 valence electrons. The number of pyridine rings is 1. The molecule has 0 radical (unpaired) electrons. The molecule has 0 saturated carbocycles. The highest BCUT2D eigenvalue weighted by Crippen LogP contribution is 2.09. The van der Waals surface area contributed by atoms with E-state index >= 15 is 0 Å². The molecule has 2 aromatic heterocycles. The predicted molar refractivity (Wildman–Crippen MR) is 64.7 cm³/mol. The summed E-state index contributed by atoms with van der Waals surface area (Å²) in [6.07, 6.45) is 1.97. The number of hydrogen-bond donors (Lipinski definition) is 0. The second-order valence-electron chi connectivity index (χ2n) is 3.34. The van der Waals surface area contributed by atoms with Gasteiger partial charge in [0.05, 0.1) is 5.69 Å². The minimum absolute atomic E-state index is 0.891. The highest BCUT2D eigenvalue weighted by molar-refractivity contribution is 7.03. The van der Waals surface area contributed by atoms with Crippen molar-refractivity contribution in [2.75, 3.05) is 0 Å². The molecule has 2 heterocycles. The summed E-state index contributed by atoms with van der Waals surface area (Å²) in [6.45, 7) is 0. The summed E-state index contributed by atoms with van der Waals surface area (Å²) in [4.78, 5) is 5.44. The largest absolute Gasteiger partial charge is 0.275 e. The van der Waals surface area contributed by atoms with Crippen LogP contribution in [0.5, 0.6) is 0 Å². The molecule has 0 amide bonds. The highest BCUT2D eigenvalue weighted by atomic mass is 32.1. The van der Waals surface area contributed by atoms with E-state index in [2.05, 4.69) is 9.37 Å². The molecule has 0 spiro atoms. The Morgan fingerprint density at radius 1 is 1.00 bits per heavy atom. The molecule has 3 nitrogen and oxygen atoms in total. The molecule has 4 heteroatoms. The van der Waals surface area contributed by atoms with E-state index in [0.717, 1.165) is 16.1 Å². The Morgan fingerprint density at radius 3 is 2.69 bits per heavy atom. The summed E-state index contributed by atoms with van der Waals surface area (Å²) >= 11 is 1.40. The molecule has 3 rings (SSSR count). The van der Waals surface area contributed by atoms with Crippen LogP contribution in [0.4, 0.5) is 5.69 Å². The Balaban J connectivity index is 2.23. The maximum Gasteiger partial charge on any atom is 0.213 e. The fourth-order valence-corrected chi connectivity index (χ4v) is 2.20. The third-order valence-electron chi connectivity index (χ3n) is 2.25. The molecule has 0 aliphatic heterocycles. The van der Waals surface area contributed by atoms with E-state index < -0.39 is 0 Å². The molecule has 0 aliphatic carbocycles. The second kappa shape index (κ2) is 3.90. The molecule has 0 N–H and O–H groups in total. The maximum atomic E-state index is 4.55. The van der Waals surface area contributed by atoms with Crippen LogP contribution in [0.15, 0.2) is 59.7 Å². The Bertz CT molecular complexity index is 667. The number of fused-ring (bicyclic) bond motifs is 1. The predicted octanol–water partition coefficient (Wildman–Crippen LogP) is 2.63. The van der Waals surface area contributed by atoms with Crippen LogP contribution in [-0.2, 0) is 0 Å². The van der Waals surface area contributed by atoms with Gasteiger partial charge in [0.15, 0.2) is 5.65 Å². The van der Waals surface area contributed by atoms with Crippen LogP contribution in [0.1, 0.15) is 0 Å². The van der Waals surface area contributed by atoms with E-state index in [1.54, 1.807) is 0 Å². The summed E-state index contributed by atoms with van der Waals surface area (Å²) in [5.41, 5.74) is 1.88. The summed E-state index contributed by atoms with van der Waals surface area (Å²) in [7, 11) is 0. The Labute approximate surface area is 96.5 Å². The topological polar surface area (TPSA) is 29.7 Å². The van der Waals surface area contributed by atoms with Crippen LogP contribution in [0.25, 0.3) is 5.65 Å². The average Bonchev–Trinajstić information content (AvgIpc) is 2.74. The molecule has 0 fully saturated rings. The van der Waals surface area contributed by atoms with Gasteiger partial charge in [0.1, 0.15) is 0 Å². The fraction of sp³-hybridized carbons (Fsp3) is 0. The normalized spacial score (nSPS) is 12.1. The first-order chi connectivity index (χ1) is 7.93. The van der Waals surface area contributed by atoms with Crippen LogP contribution >= 0.6 is 11.5 Å². The van der Waals surface area contributed by atoms with Gasteiger partial charge in [-0.1, -0.05) is 24.3 Å². The standard InChI is InChI=1S/C12H9N3S/c1-2-6-10(7-3-1)13-12-15-9-5-4-8-11(15)14-16-12/h1-9H/b13-12-. The van der Waals surface area contributed by atoms with Crippen molar-refractivity contribution in [1.82, 2.24) is 8.77 Å².